The molecular formula is C15H12N4. The van der Waals surface area contributed by atoms with Crippen LogP contribution in [0.3, 0.4) is 0 Å². The normalized spacial score (nSPS) is 11.1. The van der Waals surface area contributed by atoms with Crippen molar-refractivity contribution >= 4 is 5.82 Å². The number of hydrogen-bond donors (Lipinski definition) is 1. The van der Waals surface area contributed by atoms with E-state index in [0.717, 1.165) is 5.56 Å². The molecule has 1 atom stereocenters. The first-order chi connectivity index (χ1) is 9.24. The standard InChI is InChI=1S/C15H12N4/c1-11(13-5-2-4-12(8-13)9-16)19-15-14(10-17)6-3-7-18-15/h2-8,11H,1H3,(H,18,19). The second kappa shape index (κ2) is 5.66. The molecule has 92 valence electrons. The third-order valence-electron chi connectivity index (χ3n) is 2.80. The first-order valence-corrected chi connectivity index (χ1v) is 5.86. The van der Waals surface area contributed by atoms with Crippen molar-refractivity contribution in [3.05, 3.63) is 59.3 Å². The minimum Gasteiger partial charge on any atom is -0.362 e. The van der Waals surface area contributed by atoms with Crippen molar-refractivity contribution < 1.29 is 0 Å². The number of nitrogens with one attached hydrogen (secondary N) is 1. The van der Waals surface area contributed by atoms with E-state index in [9.17, 15) is 0 Å². The highest BCUT2D eigenvalue weighted by Gasteiger charge is 2.09. The van der Waals surface area contributed by atoms with E-state index in [0.29, 0.717) is 16.9 Å². The monoisotopic (exact) mass is 248 g/mol. The summed E-state index contributed by atoms with van der Waals surface area (Å²) in [6.45, 7) is 1.96. The highest BCUT2D eigenvalue weighted by molar-refractivity contribution is 5.52. The van der Waals surface area contributed by atoms with Gasteiger partial charge in [0.15, 0.2) is 0 Å². The predicted molar refractivity (Wildman–Crippen MR) is 72.1 cm³/mol. The number of anilines is 1. The van der Waals surface area contributed by atoms with Crippen LogP contribution < -0.4 is 5.32 Å². The summed E-state index contributed by atoms with van der Waals surface area (Å²) in [5.41, 5.74) is 2.10. The zero-order valence-corrected chi connectivity index (χ0v) is 10.5. The van der Waals surface area contributed by atoms with Gasteiger partial charge in [0.1, 0.15) is 11.9 Å². The number of nitrogens with zero attached hydrogens (tertiary/aromatic N) is 3. The van der Waals surface area contributed by atoms with Gasteiger partial charge in [-0.25, -0.2) is 4.98 Å². The van der Waals surface area contributed by atoms with Gasteiger partial charge in [0.05, 0.1) is 23.2 Å². The van der Waals surface area contributed by atoms with E-state index in [1.54, 1.807) is 24.4 Å². The van der Waals surface area contributed by atoms with Gasteiger partial charge in [-0.05, 0) is 36.8 Å². The van der Waals surface area contributed by atoms with Crippen molar-refractivity contribution in [2.24, 2.45) is 0 Å². The highest BCUT2D eigenvalue weighted by atomic mass is 15.0. The maximum Gasteiger partial charge on any atom is 0.144 e. The van der Waals surface area contributed by atoms with Crippen LogP contribution in [0.25, 0.3) is 0 Å². The summed E-state index contributed by atoms with van der Waals surface area (Å²) in [4.78, 5) is 4.16. The van der Waals surface area contributed by atoms with Gasteiger partial charge >= 0.3 is 0 Å². The molecule has 1 N–H and O–H groups in total. The Labute approximate surface area is 112 Å². The maximum atomic E-state index is 9.01. The van der Waals surface area contributed by atoms with Crippen LogP contribution in [-0.4, -0.2) is 4.98 Å². The molecule has 0 bridgehead atoms. The lowest BCUT2D eigenvalue weighted by atomic mass is 10.1. The van der Waals surface area contributed by atoms with Crippen LogP contribution in [0.2, 0.25) is 0 Å². The SMILES string of the molecule is CC(Nc1ncccc1C#N)c1cccc(C#N)c1. The fourth-order valence-corrected chi connectivity index (χ4v) is 1.78. The molecule has 1 heterocycles. The van der Waals surface area contributed by atoms with Gasteiger partial charge in [-0.2, -0.15) is 10.5 Å². The van der Waals surface area contributed by atoms with Gasteiger partial charge in [-0.15, -0.1) is 0 Å². The molecule has 0 aliphatic rings. The Morgan fingerprint density at radius 1 is 1.16 bits per heavy atom. The summed E-state index contributed by atoms with van der Waals surface area (Å²) in [6.07, 6.45) is 1.64. The smallest absolute Gasteiger partial charge is 0.144 e. The van der Waals surface area contributed by atoms with Crippen LogP contribution in [0.5, 0.6) is 0 Å². The summed E-state index contributed by atoms with van der Waals surface area (Å²) in [6, 6.07) is 15.0. The molecule has 0 aliphatic heterocycles. The topological polar surface area (TPSA) is 72.5 Å². The lowest BCUT2D eigenvalue weighted by molar-refractivity contribution is 0.873. The number of hydrogen-bond acceptors (Lipinski definition) is 4. The van der Waals surface area contributed by atoms with E-state index in [1.165, 1.54) is 0 Å². The lowest BCUT2D eigenvalue weighted by Gasteiger charge is -2.15. The summed E-state index contributed by atoms with van der Waals surface area (Å²) in [5.74, 6) is 0.555. The number of pyridine rings is 1. The van der Waals surface area contributed by atoms with Gasteiger partial charge in [0.25, 0.3) is 0 Å². The molecule has 1 aromatic heterocycles. The Balaban J connectivity index is 2.24. The van der Waals surface area contributed by atoms with Gasteiger partial charge in [0, 0.05) is 6.20 Å². The lowest BCUT2D eigenvalue weighted by Crippen LogP contribution is -2.09. The number of aromatic nitrogens is 1. The van der Waals surface area contributed by atoms with Crippen LogP contribution in [0, 0.1) is 22.7 Å². The molecule has 0 saturated heterocycles. The molecule has 4 nitrogen and oxygen atoms in total. The van der Waals surface area contributed by atoms with E-state index in [-0.39, 0.29) is 6.04 Å². The largest absolute Gasteiger partial charge is 0.362 e. The van der Waals surface area contributed by atoms with E-state index >= 15 is 0 Å². The van der Waals surface area contributed by atoms with E-state index in [1.807, 2.05) is 25.1 Å². The molecule has 0 radical (unpaired) electrons. The molecule has 0 amide bonds. The molecule has 19 heavy (non-hydrogen) atoms. The molecule has 0 spiro atoms. The molecular weight excluding hydrogens is 236 g/mol. The van der Waals surface area contributed by atoms with Gasteiger partial charge in [-0.1, -0.05) is 12.1 Å². The molecule has 0 saturated carbocycles. The number of rotatable bonds is 3. The Bertz CT molecular complexity index is 664. The fourth-order valence-electron chi connectivity index (χ4n) is 1.78. The van der Waals surface area contributed by atoms with Crippen molar-refractivity contribution in [3.63, 3.8) is 0 Å². The first kappa shape index (κ1) is 12.6. The summed E-state index contributed by atoms with van der Waals surface area (Å²) < 4.78 is 0. The third kappa shape index (κ3) is 2.88. The van der Waals surface area contributed by atoms with Crippen molar-refractivity contribution in [1.82, 2.24) is 4.98 Å². The molecule has 2 aromatic rings. The first-order valence-electron chi connectivity index (χ1n) is 5.86. The fraction of sp³-hybridized carbons (Fsp3) is 0.133. The van der Waals surface area contributed by atoms with Gasteiger partial charge < -0.3 is 5.32 Å². The second-order valence-electron chi connectivity index (χ2n) is 4.11. The summed E-state index contributed by atoms with van der Waals surface area (Å²) >= 11 is 0. The average Bonchev–Trinajstić information content (AvgIpc) is 2.47. The van der Waals surface area contributed by atoms with E-state index in [2.05, 4.69) is 22.4 Å². The molecule has 0 fully saturated rings. The number of nitriles is 2. The molecule has 1 aromatic carbocycles. The van der Waals surface area contributed by atoms with E-state index < -0.39 is 0 Å². The van der Waals surface area contributed by atoms with Crippen LogP contribution in [0.4, 0.5) is 5.82 Å². The minimum atomic E-state index is -0.0321. The third-order valence-corrected chi connectivity index (χ3v) is 2.80. The summed E-state index contributed by atoms with van der Waals surface area (Å²) in [7, 11) is 0. The van der Waals surface area contributed by atoms with Gasteiger partial charge in [-0.3, -0.25) is 0 Å². The zero-order chi connectivity index (χ0) is 13.7. The van der Waals surface area contributed by atoms with E-state index in [4.69, 9.17) is 10.5 Å². The quantitative estimate of drug-likeness (QED) is 0.906. The van der Waals surface area contributed by atoms with Crippen LogP contribution in [-0.2, 0) is 0 Å². The molecule has 2 rings (SSSR count). The Hall–Kier alpha value is -2.85. The number of benzene rings is 1. The van der Waals surface area contributed by atoms with Crippen LogP contribution >= 0.6 is 0 Å². The van der Waals surface area contributed by atoms with Gasteiger partial charge in [0.2, 0.25) is 0 Å². The Kier molecular flexibility index (Phi) is 3.75. The predicted octanol–water partition coefficient (Wildman–Crippen LogP) is 3.00. The van der Waals surface area contributed by atoms with Crippen LogP contribution in [0.1, 0.15) is 29.7 Å². The second-order valence-corrected chi connectivity index (χ2v) is 4.11. The zero-order valence-electron chi connectivity index (χ0n) is 10.5. The highest BCUT2D eigenvalue weighted by Crippen LogP contribution is 2.20. The Morgan fingerprint density at radius 2 is 2.00 bits per heavy atom. The molecule has 0 aliphatic carbocycles. The maximum absolute atomic E-state index is 9.01. The van der Waals surface area contributed by atoms with Crippen LogP contribution in [0.15, 0.2) is 42.6 Å². The Morgan fingerprint density at radius 3 is 2.74 bits per heavy atom. The minimum absolute atomic E-state index is 0.0321. The van der Waals surface area contributed by atoms with Crippen molar-refractivity contribution in [2.75, 3.05) is 5.32 Å². The van der Waals surface area contributed by atoms with Crippen molar-refractivity contribution in [3.8, 4) is 12.1 Å². The summed E-state index contributed by atoms with van der Waals surface area (Å²) in [5, 5.41) is 21.1. The van der Waals surface area contributed by atoms with Crippen molar-refractivity contribution in [2.45, 2.75) is 13.0 Å². The molecule has 4 heteroatoms. The average molecular weight is 248 g/mol. The molecule has 1 unspecified atom stereocenters. The van der Waals surface area contributed by atoms with Crippen molar-refractivity contribution in [1.29, 1.82) is 10.5 Å².